The molecule has 0 fully saturated rings. The van der Waals surface area contributed by atoms with Gasteiger partial charge in [-0.05, 0) is 46.9 Å². The Morgan fingerprint density at radius 3 is 2.25 bits per heavy atom. The maximum atomic E-state index is 13.8. The Balaban J connectivity index is 1.97. The number of carbonyl (C=O) groups is 2. The fourth-order valence-electron chi connectivity index (χ4n) is 3.83. The molecule has 0 unspecified atom stereocenters. The molecular formula is C29H32Cl2N2O3. The summed E-state index contributed by atoms with van der Waals surface area (Å²) in [4.78, 5) is 28.9. The lowest BCUT2D eigenvalue weighted by atomic mass is 10.0. The molecule has 1 N–H and O–H groups in total. The van der Waals surface area contributed by atoms with Crippen molar-refractivity contribution in [1.82, 2.24) is 10.2 Å². The van der Waals surface area contributed by atoms with Crippen LogP contribution < -0.4 is 10.1 Å². The van der Waals surface area contributed by atoms with Crippen LogP contribution >= 0.6 is 23.2 Å². The zero-order valence-electron chi connectivity index (χ0n) is 20.8. The summed E-state index contributed by atoms with van der Waals surface area (Å²) in [6, 6.07) is 21.5. The lowest BCUT2D eigenvalue weighted by molar-refractivity contribution is -0.140. The van der Waals surface area contributed by atoms with Crippen LogP contribution in [0.2, 0.25) is 10.0 Å². The fourth-order valence-corrected chi connectivity index (χ4v) is 4.30. The summed E-state index contributed by atoms with van der Waals surface area (Å²) in [5, 5.41) is 3.98. The van der Waals surface area contributed by atoms with E-state index in [0.717, 1.165) is 16.7 Å². The van der Waals surface area contributed by atoms with Crippen molar-refractivity contribution >= 4 is 35.0 Å². The SMILES string of the molecule is COc1ccc(CC(=O)N(Cc2ccc(Cl)cc2Cl)[C@@H](Cc2ccccc2)C(=O)NCC(C)C)cc1. The van der Waals surface area contributed by atoms with Crippen LogP contribution in [0.5, 0.6) is 5.75 Å². The van der Waals surface area contributed by atoms with Gasteiger partial charge in [0.2, 0.25) is 11.8 Å². The van der Waals surface area contributed by atoms with Crippen LogP contribution in [-0.2, 0) is 29.0 Å². The number of nitrogens with zero attached hydrogens (tertiary/aromatic N) is 1. The van der Waals surface area contributed by atoms with Crippen LogP contribution in [0.15, 0.2) is 72.8 Å². The van der Waals surface area contributed by atoms with Gasteiger partial charge in [-0.1, -0.05) is 85.6 Å². The van der Waals surface area contributed by atoms with Gasteiger partial charge >= 0.3 is 0 Å². The maximum Gasteiger partial charge on any atom is 0.243 e. The van der Waals surface area contributed by atoms with E-state index in [2.05, 4.69) is 5.32 Å². The molecule has 190 valence electrons. The number of methoxy groups -OCH3 is 1. The first-order valence-corrected chi connectivity index (χ1v) is 12.7. The molecule has 3 rings (SSSR count). The normalized spacial score (nSPS) is 11.7. The molecule has 0 bridgehead atoms. The van der Waals surface area contributed by atoms with E-state index < -0.39 is 6.04 Å². The predicted molar refractivity (Wildman–Crippen MR) is 145 cm³/mol. The largest absolute Gasteiger partial charge is 0.497 e. The number of rotatable bonds is 11. The number of hydrogen-bond acceptors (Lipinski definition) is 3. The highest BCUT2D eigenvalue weighted by molar-refractivity contribution is 6.35. The Hall–Kier alpha value is -3.02. The third-order valence-corrected chi connectivity index (χ3v) is 6.41. The Labute approximate surface area is 223 Å². The van der Waals surface area contributed by atoms with E-state index in [-0.39, 0.29) is 30.7 Å². The average Bonchev–Trinajstić information content (AvgIpc) is 2.86. The lowest BCUT2D eigenvalue weighted by Crippen LogP contribution is -2.51. The van der Waals surface area contributed by atoms with E-state index in [4.69, 9.17) is 27.9 Å². The van der Waals surface area contributed by atoms with Crippen molar-refractivity contribution in [2.24, 2.45) is 5.92 Å². The van der Waals surface area contributed by atoms with Gasteiger partial charge in [0.25, 0.3) is 0 Å². The van der Waals surface area contributed by atoms with Crippen LogP contribution in [0, 0.1) is 5.92 Å². The molecule has 0 saturated heterocycles. The molecule has 1 atom stereocenters. The first-order chi connectivity index (χ1) is 17.3. The molecule has 0 saturated carbocycles. The van der Waals surface area contributed by atoms with Crippen molar-refractivity contribution < 1.29 is 14.3 Å². The highest BCUT2D eigenvalue weighted by atomic mass is 35.5. The lowest BCUT2D eigenvalue weighted by Gasteiger charge is -2.32. The van der Waals surface area contributed by atoms with Crippen molar-refractivity contribution in [2.75, 3.05) is 13.7 Å². The van der Waals surface area contributed by atoms with Gasteiger partial charge in [0.15, 0.2) is 0 Å². The molecule has 0 aromatic heterocycles. The quantitative estimate of drug-likeness (QED) is 0.335. The van der Waals surface area contributed by atoms with E-state index in [1.54, 1.807) is 30.2 Å². The minimum absolute atomic E-state index is 0.137. The Bertz CT molecular complexity index is 1150. The molecule has 5 nitrogen and oxygen atoms in total. The predicted octanol–water partition coefficient (Wildman–Crippen LogP) is 5.96. The van der Waals surface area contributed by atoms with Crippen molar-refractivity contribution in [3.8, 4) is 5.75 Å². The summed E-state index contributed by atoms with van der Waals surface area (Å²) in [6.45, 7) is 4.77. The molecule has 0 heterocycles. The molecule has 36 heavy (non-hydrogen) atoms. The second-order valence-electron chi connectivity index (χ2n) is 9.13. The van der Waals surface area contributed by atoms with Crippen molar-refractivity contribution in [1.29, 1.82) is 0 Å². The Morgan fingerprint density at radius 1 is 0.944 bits per heavy atom. The van der Waals surface area contributed by atoms with Crippen LogP contribution in [0.25, 0.3) is 0 Å². The van der Waals surface area contributed by atoms with Crippen LogP contribution in [-0.4, -0.2) is 36.4 Å². The van der Waals surface area contributed by atoms with Gasteiger partial charge in [-0.25, -0.2) is 0 Å². The standard InChI is InChI=1S/C29H32Cl2N2O3/c1-20(2)18-32-29(35)27(15-21-7-5-4-6-8-21)33(19-23-11-12-24(30)17-26(23)31)28(34)16-22-9-13-25(36-3)14-10-22/h4-14,17,20,27H,15-16,18-19H2,1-3H3,(H,32,35)/t27-/m0/s1. The first-order valence-electron chi connectivity index (χ1n) is 11.9. The number of halogens is 2. The highest BCUT2D eigenvalue weighted by Crippen LogP contribution is 2.25. The van der Waals surface area contributed by atoms with E-state index in [1.165, 1.54) is 0 Å². The van der Waals surface area contributed by atoms with Gasteiger partial charge in [-0.2, -0.15) is 0 Å². The smallest absolute Gasteiger partial charge is 0.243 e. The Morgan fingerprint density at radius 2 is 1.64 bits per heavy atom. The monoisotopic (exact) mass is 526 g/mol. The second kappa shape index (κ2) is 13.3. The fraction of sp³-hybridized carbons (Fsp3) is 0.310. The van der Waals surface area contributed by atoms with Crippen LogP contribution in [0.3, 0.4) is 0 Å². The average molecular weight is 527 g/mol. The summed E-state index contributed by atoms with van der Waals surface area (Å²) in [6.07, 6.45) is 0.516. The van der Waals surface area contributed by atoms with Gasteiger partial charge < -0.3 is 15.0 Å². The summed E-state index contributed by atoms with van der Waals surface area (Å²) in [5.41, 5.74) is 2.51. The van der Waals surface area contributed by atoms with Gasteiger partial charge in [0.05, 0.1) is 13.5 Å². The molecule has 0 spiro atoms. The van der Waals surface area contributed by atoms with E-state index >= 15 is 0 Å². The molecule has 7 heteroatoms. The van der Waals surface area contributed by atoms with Crippen LogP contribution in [0.4, 0.5) is 0 Å². The van der Waals surface area contributed by atoms with E-state index in [9.17, 15) is 9.59 Å². The van der Waals surface area contributed by atoms with Gasteiger partial charge in [0.1, 0.15) is 11.8 Å². The summed E-state index contributed by atoms with van der Waals surface area (Å²) < 4.78 is 5.23. The number of amides is 2. The van der Waals surface area contributed by atoms with Crippen molar-refractivity contribution in [3.63, 3.8) is 0 Å². The summed E-state index contributed by atoms with van der Waals surface area (Å²) >= 11 is 12.6. The number of nitrogens with one attached hydrogen (secondary N) is 1. The van der Waals surface area contributed by atoms with Gasteiger partial charge in [-0.15, -0.1) is 0 Å². The topological polar surface area (TPSA) is 58.6 Å². The second-order valence-corrected chi connectivity index (χ2v) is 9.97. The third-order valence-electron chi connectivity index (χ3n) is 5.83. The maximum absolute atomic E-state index is 13.8. The number of benzene rings is 3. The molecule has 0 radical (unpaired) electrons. The number of ether oxygens (including phenoxy) is 1. The zero-order chi connectivity index (χ0) is 26.1. The van der Waals surface area contributed by atoms with Crippen molar-refractivity contribution in [3.05, 3.63) is 99.5 Å². The molecule has 0 aliphatic heterocycles. The van der Waals surface area contributed by atoms with Gasteiger partial charge in [0, 0.05) is 29.6 Å². The van der Waals surface area contributed by atoms with Crippen molar-refractivity contribution in [2.45, 2.75) is 39.3 Å². The third kappa shape index (κ3) is 8.00. The minimum Gasteiger partial charge on any atom is -0.497 e. The zero-order valence-corrected chi connectivity index (χ0v) is 22.4. The number of carbonyl (C=O) groups excluding carboxylic acids is 2. The molecule has 3 aromatic rings. The minimum atomic E-state index is -0.719. The van der Waals surface area contributed by atoms with Gasteiger partial charge in [-0.3, -0.25) is 9.59 Å². The molecule has 2 amide bonds. The molecule has 0 aliphatic rings. The molecule has 0 aliphatic carbocycles. The van der Waals surface area contributed by atoms with Crippen LogP contribution in [0.1, 0.15) is 30.5 Å². The number of hydrogen-bond donors (Lipinski definition) is 1. The Kier molecular flexibility index (Phi) is 10.2. The van der Waals surface area contributed by atoms with E-state index in [1.807, 2.05) is 68.4 Å². The van der Waals surface area contributed by atoms with E-state index in [0.29, 0.717) is 28.8 Å². The molecular weight excluding hydrogens is 495 g/mol. The summed E-state index contributed by atoms with van der Waals surface area (Å²) in [7, 11) is 1.60. The molecule has 3 aromatic carbocycles. The first kappa shape index (κ1) is 27.6. The highest BCUT2D eigenvalue weighted by Gasteiger charge is 2.31. The summed E-state index contributed by atoms with van der Waals surface area (Å²) in [5.74, 6) is 0.624.